The van der Waals surface area contributed by atoms with Gasteiger partial charge in [-0.3, -0.25) is 5.01 Å². The average molecular weight is 259 g/mol. The zero-order valence-electron chi connectivity index (χ0n) is 10.8. The summed E-state index contributed by atoms with van der Waals surface area (Å²) >= 11 is 0. The lowest BCUT2D eigenvalue weighted by atomic mass is 10.0. The highest BCUT2D eigenvalue weighted by Crippen LogP contribution is 2.27. The number of hydrogen-bond acceptors (Lipinski definition) is 3. The molecule has 2 aromatic rings. The van der Waals surface area contributed by atoms with Gasteiger partial charge in [-0.15, -0.1) is 0 Å². The van der Waals surface area contributed by atoms with Crippen LogP contribution in [0.3, 0.4) is 0 Å². The third-order valence-electron chi connectivity index (χ3n) is 3.47. The van der Waals surface area contributed by atoms with Crippen molar-refractivity contribution in [3.05, 3.63) is 84.3 Å². The second-order valence-electron chi connectivity index (χ2n) is 4.68. The number of aliphatic imine (C=N–C) groups is 1. The molecule has 0 atom stereocenters. The minimum Gasteiger partial charge on any atom is -0.254 e. The first-order chi connectivity index (χ1) is 9.93. The van der Waals surface area contributed by atoms with Crippen LogP contribution >= 0.6 is 0 Å². The molecule has 0 fully saturated rings. The minimum atomic E-state index is 0.953. The van der Waals surface area contributed by atoms with E-state index in [4.69, 9.17) is 0 Å². The summed E-state index contributed by atoms with van der Waals surface area (Å²) in [5.41, 5.74) is 3.46. The highest BCUT2D eigenvalue weighted by Gasteiger charge is 2.24. The molecule has 2 aromatic carbocycles. The van der Waals surface area contributed by atoms with Crippen LogP contribution in [0, 0.1) is 0 Å². The first-order valence-electron chi connectivity index (χ1n) is 6.59. The van der Waals surface area contributed by atoms with Crippen molar-refractivity contribution in [1.82, 2.24) is 5.01 Å². The molecular formula is C17H13N3. The van der Waals surface area contributed by atoms with Crippen LogP contribution in [0.4, 0.5) is 5.69 Å². The van der Waals surface area contributed by atoms with Gasteiger partial charge in [0.2, 0.25) is 0 Å². The summed E-state index contributed by atoms with van der Waals surface area (Å²) in [6.07, 6.45) is 7.98. The molecule has 3 nitrogen and oxygen atoms in total. The molecule has 0 radical (unpaired) electrons. The SMILES string of the molecule is C1=CN(c2ccccc2)N2C=Cc3ccccc3C2=N1. The van der Waals surface area contributed by atoms with Crippen molar-refractivity contribution in [2.24, 2.45) is 4.99 Å². The van der Waals surface area contributed by atoms with Crippen LogP contribution in [-0.4, -0.2) is 10.8 Å². The van der Waals surface area contributed by atoms with E-state index >= 15 is 0 Å². The zero-order chi connectivity index (χ0) is 13.4. The Morgan fingerprint density at radius 2 is 1.55 bits per heavy atom. The van der Waals surface area contributed by atoms with E-state index in [2.05, 4.69) is 51.6 Å². The summed E-state index contributed by atoms with van der Waals surface area (Å²) in [4.78, 5) is 4.54. The summed E-state index contributed by atoms with van der Waals surface area (Å²) < 4.78 is 0. The second-order valence-corrected chi connectivity index (χ2v) is 4.68. The van der Waals surface area contributed by atoms with Gasteiger partial charge in [-0.05, 0) is 23.8 Å². The van der Waals surface area contributed by atoms with Crippen molar-refractivity contribution in [1.29, 1.82) is 0 Å². The lowest BCUT2D eigenvalue weighted by Crippen LogP contribution is -2.43. The third-order valence-corrected chi connectivity index (χ3v) is 3.47. The second kappa shape index (κ2) is 4.38. The Bertz CT molecular complexity index is 729. The van der Waals surface area contributed by atoms with Crippen molar-refractivity contribution >= 4 is 17.6 Å². The van der Waals surface area contributed by atoms with Gasteiger partial charge in [0, 0.05) is 24.2 Å². The van der Waals surface area contributed by atoms with Crippen LogP contribution in [0.1, 0.15) is 11.1 Å². The molecule has 0 aromatic heterocycles. The van der Waals surface area contributed by atoms with Crippen molar-refractivity contribution in [3.8, 4) is 0 Å². The predicted molar refractivity (Wildman–Crippen MR) is 81.9 cm³/mol. The van der Waals surface area contributed by atoms with E-state index in [9.17, 15) is 0 Å². The Balaban J connectivity index is 1.81. The highest BCUT2D eigenvalue weighted by atomic mass is 15.6. The van der Waals surface area contributed by atoms with E-state index in [0.717, 1.165) is 17.1 Å². The molecule has 0 spiro atoms. The molecule has 20 heavy (non-hydrogen) atoms. The molecule has 0 saturated heterocycles. The van der Waals surface area contributed by atoms with Gasteiger partial charge in [0.15, 0.2) is 5.84 Å². The molecular weight excluding hydrogens is 246 g/mol. The summed E-state index contributed by atoms with van der Waals surface area (Å²) in [7, 11) is 0. The van der Waals surface area contributed by atoms with Crippen LogP contribution in [0.2, 0.25) is 0 Å². The lowest BCUT2D eigenvalue weighted by Gasteiger charge is -2.37. The third kappa shape index (κ3) is 1.64. The molecule has 0 bridgehead atoms. The summed E-state index contributed by atoms with van der Waals surface area (Å²) in [5, 5.41) is 4.16. The summed E-state index contributed by atoms with van der Waals surface area (Å²) in [5.74, 6) is 0.953. The van der Waals surface area contributed by atoms with Gasteiger partial charge in [-0.2, -0.15) is 0 Å². The molecule has 0 N–H and O–H groups in total. The number of hydrazine groups is 1. The Morgan fingerprint density at radius 3 is 2.45 bits per heavy atom. The van der Waals surface area contributed by atoms with Crippen LogP contribution < -0.4 is 5.01 Å². The van der Waals surface area contributed by atoms with E-state index in [0.29, 0.717) is 0 Å². The van der Waals surface area contributed by atoms with Gasteiger partial charge < -0.3 is 0 Å². The normalized spacial score (nSPS) is 15.7. The predicted octanol–water partition coefficient (Wildman–Crippen LogP) is 3.63. The number of benzene rings is 2. The van der Waals surface area contributed by atoms with E-state index in [-0.39, 0.29) is 0 Å². The molecule has 2 aliphatic heterocycles. The molecule has 0 aliphatic carbocycles. The lowest BCUT2D eigenvalue weighted by molar-refractivity contribution is 0.556. The van der Waals surface area contributed by atoms with Gasteiger partial charge in [0.05, 0.1) is 5.69 Å². The largest absolute Gasteiger partial charge is 0.254 e. The Kier molecular flexibility index (Phi) is 2.42. The Hall–Kier alpha value is -2.81. The van der Waals surface area contributed by atoms with E-state index < -0.39 is 0 Å². The topological polar surface area (TPSA) is 18.8 Å². The monoisotopic (exact) mass is 259 g/mol. The van der Waals surface area contributed by atoms with Crippen molar-refractivity contribution in [3.63, 3.8) is 0 Å². The fraction of sp³-hybridized carbons (Fsp3) is 0. The number of para-hydroxylation sites is 1. The van der Waals surface area contributed by atoms with E-state index in [1.54, 1.807) is 0 Å². The van der Waals surface area contributed by atoms with Gasteiger partial charge in [-0.1, -0.05) is 42.5 Å². The number of rotatable bonds is 1. The maximum Gasteiger partial charge on any atom is 0.159 e. The highest BCUT2D eigenvalue weighted by molar-refractivity contribution is 6.06. The zero-order valence-corrected chi connectivity index (χ0v) is 10.8. The number of anilines is 1. The van der Waals surface area contributed by atoms with Crippen molar-refractivity contribution < 1.29 is 0 Å². The smallest absolute Gasteiger partial charge is 0.159 e. The van der Waals surface area contributed by atoms with Crippen LogP contribution in [0.5, 0.6) is 0 Å². The van der Waals surface area contributed by atoms with E-state index in [1.807, 2.05) is 42.7 Å². The number of fused-ring (bicyclic) bond motifs is 3. The number of nitrogens with zero attached hydrogens (tertiary/aromatic N) is 3. The van der Waals surface area contributed by atoms with E-state index in [1.165, 1.54) is 5.56 Å². The minimum absolute atomic E-state index is 0.953. The number of amidine groups is 1. The Morgan fingerprint density at radius 1 is 0.750 bits per heavy atom. The molecule has 3 heteroatoms. The fourth-order valence-corrected chi connectivity index (χ4v) is 2.52. The number of hydrogen-bond donors (Lipinski definition) is 0. The van der Waals surface area contributed by atoms with Crippen molar-refractivity contribution in [2.75, 3.05) is 5.01 Å². The molecule has 0 unspecified atom stereocenters. The molecule has 4 rings (SSSR count). The van der Waals surface area contributed by atoms with Crippen LogP contribution in [-0.2, 0) is 0 Å². The molecule has 2 heterocycles. The molecule has 0 saturated carbocycles. The summed E-state index contributed by atoms with van der Waals surface area (Å²) in [6, 6.07) is 18.6. The van der Waals surface area contributed by atoms with Crippen molar-refractivity contribution in [2.45, 2.75) is 0 Å². The molecule has 2 aliphatic rings. The van der Waals surface area contributed by atoms with Crippen LogP contribution in [0.25, 0.3) is 6.08 Å². The first kappa shape index (κ1) is 11.1. The van der Waals surface area contributed by atoms with Gasteiger partial charge in [0.1, 0.15) is 0 Å². The van der Waals surface area contributed by atoms with Gasteiger partial charge >= 0.3 is 0 Å². The fourth-order valence-electron chi connectivity index (χ4n) is 2.52. The van der Waals surface area contributed by atoms with Gasteiger partial charge in [0.25, 0.3) is 0 Å². The maximum atomic E-state index is 4.54. The van der Waals surface area contributed by atoms with Gasteiger partial charge in [-0.25, -0.2) is 10.0 Å². The maximum absolute atomic E-state index is 4.54. The first-order valence-corrected chi connectivity index (χ1v) is 6.59. The average Bonchev–Trinajstić information content (AvgIpc) is 2.55. The van der Waals surface area contributed by atoms with Crippen LogP contribution in [0.15, 0.2) is 78.2 Å². The quantitative estimate of drug-likeness (QED) is 0.778. The summed E-state index contributed by atoms with van der Waals surface area (Å²) in [6.45, 7) is 0. The molecule has 0 amide bonds. The standard InChI is InChI=1S/C17H13N3/c1-2-7-15(8-3-1)19-13-11-18-17-16-9-5-4-6-14(16)10-12-20(17)19/h1-13H. The molecule has 96 valence electrons. The Labute approximate surface area is 117 Å².